The first-order chi connectivity index (χ1) is 19.3. The van der Waals surface area contributed by atoms with Gasteiger partial charge in [-0.2, -0.15) is 0 Å². The Kier molecular flexibility index (Phi) is 5.01. The van der Waals surface area contributed by atoms with Crippen molar-refractivity contribution in [2.24, 2.45) is 0 Å². The minimum atomic E-state index is 0.882. The van der Waals surface area contributed by atoms with E-state index in [9.17, 15) is 0 Å². The van der Waals surface area contributed by atoms with Gasteiger partial charge in [0.05, 0.1) is 16.7 Å². The maximum Gasteiger partial charge on any atom is 0.160 e. The Balaban J connectivity index is 1.38. The summed E-state index contributed by atoms with van der Waals surface area (Å²) in [5.41, 5.74) is 9.98. The first-order valence-electron chi connectivity index (χ1n) is 13.1. The number of halogens is 1. The molecular formula is C36H22BrNO. The number of benzene rings is 6. The number of aromatic nitrogens is 1. The summed E-state index contributed by atoms with van der Waals surface area (Å²) in [5, 5.41) is 4.66. The SMILES string of the molecule is Brc1ccc(-n2c3ccccc3c3cc(-c4cccc(-c5ccccc5)c4)ccc32)c2oc3ccccc3c12. The van der Waals surface area contributed by atoms with E-state index in [1.54, 1.807) is 0 Å². The average Bonchev–Trinajstić information content (AvgIpc) is 3.55. The van der Waals surface area contributed by atoms with E-state index in [1.807, 2.05) is 12.1 Å². The molecule has 0 aliphatic carbocycles. The standard InChI is InChI=1S/C36H22BrNO/c37-30-18-20-33(36-35(30)28-14-5-7-16-34(28)39-36)38-31-15-6-4-13-27(31)29-22-26(17-19-32(29)38)25-12-8-11-24(21-25)23-9-2-1-3-10-23/h1-22H. The second-order valence-corrected chi connectivity index (χ2v) is 10.8. The van der Waals surface area contributed by atoms with E-state index in [0.29, 0.717) is 0 Å². The molecule has 0 saturated carbocycles. The molecule has 0 aliphatic heterocycles. The summed E-state index contributed by atoms with van der Waals surface area (Å²) in [4.78, 5) is 0. The van der Waals surface area contributed by atoms with Gasteiger partial charge < -0.3 is 8.98 Å². The van der Waals surface area contributed by atoms with Crippen LogP contribution in [-0.2, 0) is 0 Å². The summed E-state index contributed by atoms with van der Waals surface area (Å²) in [5.74, 6) is 0. The van der Waals surface area contributed by atoms with Gasteiger partial charge in [0.25, 0.3) is 0 Å². The van der Waals surface area contributed by atoms with Crippen LogP contribution in [0.4, 0.5) is 0 Å². The molecule has 8 aromatic rings. The number of furan rings is 1. The van der Waals surface area contributed by atoms with Crippen LogP contribution in [0.1, 0.15) is 0 Å². The number of hydrogen-bond acceptors (Lipinski definition) is 1. The summed E-state index contributed by atoms with van der Waals surface area (Å²) in [6, 6.07) is 47.3. The predicted octanol–water partition coefficient (Wildman–Crippen LogP) is 10.8. The van der Waals surface area contributed by atoms with Gasteiger partial charge in [0.2, 0.25) is 0 Å². The molecule has 0 N–H and O–H groups in total. The Morgan fingerprint density at radius 2 is 1.15 bits per heavy atom. The molecule has 0 atom stereocenters. The molecule has 2 aromatic heterocycles. The number of rotatable bonds is 3. The summed E-state index contributed by atoms with van der Waals surface area (Å²) in [6.07, 6.45) is 0. The maximum atomic E-state index is 6.48. The third-order valence-corrected chi connectivity index (χ3v) is 8.33. The third-order valence-electron chi connectivity index (χ3n) is 7.67. The molecule has 0 saturated heterocycles. The predicted molar refractivity (Wildman–Crippen MR) is 167 cm³/mol. The van der Waals surface area contributed by atoms with Crippen molar-refractivity contribution < 1.29 is 4.42 Å². The molecule has 0 fully saturated rings. The largest absolute Gasteiger partial charge is 0.454 e. The van der Waals surface area contributed by atoms with Crippen LogP contribution >= 0.6 is 15.9 Å². The van der Waals surface area contributed by atoms with Crippen LogP contribution in [0.2, 0.25) is 0 Å². The van der Waals surface area contributed by atoms with Crippen molar-refractivity contribution in [1.29, 1.82) is 0 Å². The molecule has 8 rings (SSSR count). The minimum Gasteiger partial charge on any atom is -0.454 e. The van der Waals surface area contributed by atoms with Crippen molar-refractivity contribution in [2.75, 3.05) is 0 Å². The quantitative estimate of drug-likeness (QED) is 0.209. The minimum absolute atomic E-state index is 0.882. The van der Waals surface area contributed by atoms with Crippen LogP contribution in [0.25, 0.3) is 71.7 Å². The van der Waals surface area contributed by atoms with Crippen LogP contribution < -0.4 is 0 Å². The molecule has 2 heterocycles. The topological polar surface area (TPSA) is 18.1 Å². The number of fused-ring (bicyclic) bond motifs is 6. The van der Waals surface area contributed by atoms with Crippen LogP contribution in [0.3, 0.4) is 0 Å². The van der Waals surface area contributed by atoms with Gasteiger partial charge in [-0.3, -0.25) is 0 Å². The fourth-order valence-electron chi connectivity index (χ4n) is 5.87. The van der Waals surface area contributed by atoms with Crippen LogP contribution in [0.5, 0.6) is 0 Å². The Labute approximate surface area is 233 Å². The first kappa shape index (κ1) is 22.4. The van der Waals surface area contributed by atoms with Gasteiger partial charge in [0.1, 0.15) is 5.58 Å². The van der Waals surface area contributed by atoms with Crippen molar-refractivity contribution in [3.05, 3.63) is 138 Å². The monoisotopic (exact) mass is 563 g/mol. The lowest BCUT2D eigenvalue weighted by Crippen LogP contribution is -1.94. The van der Waals surface area contributed by atoms with E-state index in [0.717, 1.165) is 43.1 Å². The van der Waals surface area contributed by atoms with Gasteiger partial charge in [0, 0.05) is 26.0 Å². The lowest BCUT2D eigenvalue weighted by molar-refractivity contribution is 0.666. The fraction of sp³-hybridized carbons (Fsp3) is 0. The average molecular weight is 564 g/mol. The molecule has 0 radical (unpaired) electrons. The van der Waals surface area contributed by atoms with E-state index >= 15 is 0 Å². The summed E-state index contributed by atoms with van der Waals surface area (Å²) in [6.45, 7) is 0. The van der Waals surface area contributed by atoms with Crippen molar-refractivity contribution >= 4 is 59.7 Å². The second-order valence-electron chi connectivity index (χ2n) is 9.90. The zero-order valence-electron chi connectivity index (χ0n) is 20.9. The Morgan fingerprint density at radius 3 is 2.03 bits per heavy atom. The molecule has 3 heteroatoms. The summed E-state index contributed by atoms with van der Waals surface area (Å²) < 4.78 is 9.86. The molecule has 0 aliphatic rings. The van der Waals surface area contributed by atoms with E-state index in [1.165, 1.54) is 33.0 Å². The lowest BCUT2D eigenvalue weighted by atomic mass is 9.98. The fourth-order valence-corrected chi connectivity index (χ4v) is 6.40. The first-order valence-corrected chi connectivity index (χ1v) is 13.8. The second kappa shape index (κ2) is 8.72. The van der Waals surface area contributed by atoms with Crippen LogP contribution in [-0.4, -0.2) is 4.57 Å². The molecule has 0 spiro atoms. The van der Waals surface area contributed by atoms with Gasteiger partial charge in [-0.25, -0.2) is 0 Å². The Hall–Kier alpha value is -4.60. The van der Waals surface area contributed by atoms with Gasteiger partial charge in [0.15, 0.2) is 5.58 Å². The summed E-state index contributed by atoms with van der Waals surface area (Å²) in [7, 11) is 0. The highest BCUT2D eigenvalue weighted by Crippen LogP contribution is 2.41. The highest BCUT2D eigenvalue weighted by Gasteiger charge is 2.19. The molecule has 0 amide bonds. The molecule has 0 unspecified atom stereocenters. The maximum absolute atomic E-state index is 6.48. The molecular weight excluding hydrogens is 542 g/mol. The molecule has 0 bridgehead atoms. The van der Waals surface area contributed by atoms with Crippen molar-refractivity contribution in [2.45, 2.75) is 0 Å². The van der Waals surface area contributed by atoms with Crippen LogP contribution in [0, 0.1) is 0 Å². The van der Waals surface area contributed by atoms with E-state index in [2.05, 4.69) is 142 Å². The smallest absolute Gasteiger partial charge is 0.160 e. The zero-order valence-corrected chi connectivity index (χ0v) is 22.5. The zero-order chi connectivity index (χ0) is 25.9. The van der Waals surface area contributed by atoms with Crippen molar-refractivity contribution in [1.82, 2.24) is 4.57 Å². The van der Waals surface area contributed by atoms with E-state index in [4.69, 9.17) is 4.42 Å². The van der Waals surface area contributed by atoms with Crippen molar-refractivity contribution in [3.63, 3.8) is 0 Å². The summed E-state index contributed by atoms with van der Waals surface area (Å²) >= 11 is 3.78. The number of hydrogen-bond donors (Lipinski definition) is 0. The highest BCUT2D eigenvalue weighted by atomic mass is 79.9. The third kappa shape index (κ3) is 3.47. The Morgan fingerprint density at radius 1 is 0.487 bits per heavy atom. The molecule has 2 nitrogen and oxygen atoms in total. The van der Waals surface area contributed by atoms with Gasteiger partial charge in [-0.1, -0.05) is 107 Å². The molecule has 6 aromatic carbocycles. The Bertz CT molecular complexity index is 2190. The molecule has 39 heavy (non-hydrogen) atoms. The van der Waals surface area contributed by atoms with Gasteiger partial charge in [-0.05, 0) is 64.7 Å². The molecule has 184 valence electrons. The number of nitrogens with zero attached hydrogens (tertiary/aromatic N) is 1. The normalized spacial score (nSPS) is 11.7. The van der Waals surface area contributed by atoms with E-state index < -0.39 is 0 Å². The van der Waals surface area contributed by atoms with Crippen LogP contribution in [0.15, 0.2) is 142 Å². The number of para-hydroxylation sites is 2. The lowest BCUT2D eigenvalue weighted by Gasteiger charge is -2.10. The van der Waals surface area contributed by atoms with Gasteiger partial charge >= 0.3 is 0 Å². The van der Waals surface area contributed by atoms with Crippen molar-refractivity contribution in [3.8, 4) is 27.9 Å². The van der Waals surface area contributed by atoms with E-state index in [-0.39, 0.29) is 0 Å². The van der Waals surface area contributed by atoms with Gasteiger partial charge in [-0.15, -0.1) is 0 Å². The highest BCUT2D eigenvalue weighted by molar-refractivity contribution is 9.10.